The van der Waals surface area contributed by atoms with Crippen LogP contribution in [0.3, 0.4) is 0 Å². The maximum Gasteiger partial charge on any atom is 0.230 e. The summed E-state index contributed by atoms with van der Waals surface area (Å²) in [6, 6.07) is 5.11. The lowest BCUT2D eigenvalue weighted by atomic mass is 10.0. The summed E-state index contributed by atoms with van der Waals surface area (Å²) in [7, 11) is 0. The Morgan fingerprint density at radius 3 is 3.00 bits per heavy atom. The number of phenolic OH excluding ortho intramolecular Hbond substituents is 1. The van der Waals surface area contributed by atoms with Gasteiger partial charge in [0, 0.05) is 12.0 Å². The van der Waals surface area contributed by atoms with Crippen LogP contribution in [0.15, 0.2) is 12.1 Å². The molecule has 1 unspecified atom stereocenters. The predicted molar refractivity (Wildman–Crippen MR) is 68.6 cm³/mol. The minimum absolute atomic E-state index is 0.0166. The zero-order chi connectivity index (χ0) is 13.3. The molecule has 0 fully saturated rings. The topological polar surface area (TPSA) is 64.3 Å². The Hall–Kier alpha value is -1.73. The molecule has 94 valence electrons. The van der Waals surface area contributed by atoms with Crippen LogP contribution in [0.2, 0.25) is 5.02 Å². The molecule has 1 N–H and O–H groups in total. The molecule has 1 atom stereocenters. The van der Waals surface area contributed by atoms with E-state index in [4.69, 9.17) is 16.9 Å². The minimum atomic E-state index is -0.133. The third-order valence-corrected chi connectivity index (χ3v) is 3.50. The van der Waals surface area contributed by atoms with Crippen molar-refractivity contribution in [1.82, 2.24) is 0 Å². The van der Waals surface area contributed by atoms with Crippen molar-refractivity contribution < 1.29 is 9.90 Å². The number of carbonyl (C=O) groups is 1. The Bertz CT molecular complexity index is 537. The summed E-state index contributed by atoms with van der Waals surface area (Å²) in [5, 5.41) is 18.8. The lowest BCUT2D eigenvalue weighted by molar-refractivity contribution is -0.121. The SMILES string of the molecule is CC1CCc2cc(Cl)c(O)cc2N(CC#N)C1=O. The average Bonchev–Trinajstić information content (AvgIpc) is 2.44. The summed E-state index contributed by atoms with van der Waals surface area (Å²) >= 11 is 5.88. The predicted octanol–water partition coefficient (Wildman–Crippen LogP) is 2.48. The van der Waals surface area contributed by atoms with Crippen molar-refractivity contribution in [3.8, 4) is 11.8 Å². The second-order valence-corrected chi connectivity index (χ2v) is 4.86. The van der Waals surface area contributed by atoms with Gasteiger partial charge < -0.3 is 5.11 Å². The van der Waals surface area contributed by atoms with E-state index >= 15 is 0 Å². The first kappa shape index (κ1) is 12.7. The van der Waals surface area contributed by atoms with Gasteiger partial charge in [-0.15, -0.1) is 0 Å². The average molecular weight is 265 g/mol. The van der Waals surface area contributed by atoms with E-state index < -0.39 is 0 Å². The zero-order valence-electron chi connectivity index (χ0n) is 9.98. The van der Waals surface area contributed by atoms with E-state index in [1.807, 2.05) is 13.0 Å². The van der Waals surface area contributed by atoms with Crippen LogP contribution in [0.5, 0.6) is 5.75 Å². The van der Waals surface area contributed by atoms with Gasteiger partial charge in [0.25, 0.3) is 0 Å². The maximum absolute atomic E-state index is 12.2. The van der Waals surface area contributed by atoms with Crippen LogP contribution in [0, 0.1) is 17.2 Å². The fourth-order valence-electron chi connectivity index (χ4n) is 2.16. The highest BCUT2D eigenvalue weighted by Crippen LogP contribution is 2.36. The first-order chi connectivity index (χ1) is 8.54. The van der Waals surface area contributed by atoms with Gasteiger partial charge in [0.1, 0.15) is 12.3 Å². The minimum Gasteiger partial charge on any atom is -0.506 e. The van der Waals surface area contributed by atoms with E-state index in [-0.39, 0.29) is 29.1 Å². The highest BCUT2D eigenvalue weighted by atomic mass is 35.5. The van der Waals surface area contributed by atoms with E-state index in [0.29, 0.717) is 12.1 Å². The number of amides is 1. The molecule has 1 aliphatic rings. The molecule has 1 aromatic carbocycles. The highest BCUT2D eigenvalue weighted by molar-refractivity contribution is 6.32. The molecule has 5 heteroatoms. The van der Waals surface area contributed by atoms with E-state index in [1.165, 1.54) is 11.0 Å². The number of fused-ring (bicyclic) bond motifs is 1. The van der Waals surface area contributed by atoms with E-state index in [9.17, 15) is 9.90 Å². The summed E-state index contributed by atoms with van der Waals surface area (Å²) in [4.78, 5) is 13.6. The molecule has 0 radical (unpaired) electrons. The van der Waals surface area contributed by atoms with Gasteiger partial charge in [0.15, 0.2) is 0 Å². The van der Waals surface area contributed by atoms with E-state index in [2.05, 4.69) is 0 Å². The lowest BCUT2D eigenvalue weighted by Gasteiger charge is -2.22. The number of phenols is 1. The monoisotopic (exact) mass is 264 g/mol. The molecule has 0 saturated heterocycles. The molecule has 4 nitrogen and oxygen atoms in total. The van der Waals surface area contributed by atoms with Crippen LogP contribution in [-0.2, 0) is 11.2 Å². The van der Waals surface area contributed by atoms with Gasteiger partial charge in [-0.05, 0) is 24.5 Å². The number of hydrogen-bond acceptors (Lipinski definition) is 3. The van der Waals surface area contributed by atoms with Crippen LogP contribution in [0.25, 0.3) is 0 Å². The number of nitriles is 1. The van der Waals surface area contributed by atoms with E-state index in [1.54, 1.807) is 6.07 Å². The molecule has 1 heterocycles. The van der Waals surface area contributed by atoms with Crippen molar-refractivity contribution in [1.29, 1.82) is 5.26 Å². The van der Waals surface area contributed by atoms with Crippen LogP contribution in [-0.4, -0.2) is 17.6 Å². The van der Waals surface area contributed by atoms with Gasteiger partial charge >= 0.3 is 0 Å². The Morgan fingerprint density at radius 2 is 2.33 bits per heavy atom. The van der Waals surface area contributed by atoms with Gasteiger partial charge in [-0.3, -0.25) is 9.69 Å². The Labute approximate surface area is 110 Å². The summed E-state index contributed by atoms with van der Waals surface area (Å²) in [5.74, 6) is -0.288. The highest BCUT2D eigenvalue weighted by Gasteiger charge is 2.28. The standard InChI is InChI=1S/C13H13ClN2O2/c1-8-2-3-9-6-10(14)12(17)7-11(9)16(5-4-15)13(8)18/h6-8,17H,2-3,5H2,1H3. The number of nitrogens with zero attached hydrogens (tertiary/aromatic N) is 2. The maximum atomic E-state index is 12.2. The fourth-order valence-corrected chi connectivity index (χ4v) is 2.34. The number of carbonyl (C=O) groups excluding carboxylic acids is 1. The molecule has 2 rings (SSSR count). The van der Waals surface area contributed by atoms with Crippen molar-refractivity contribution in [3.63, 3.8) is 0 Å². The largest absolute Gasteiger partial charge is 0.506 e. The van der Waals surface area contributed by atoms with Gasteiger partial charge in [0.2, 0.25) is 5.91 Å². The number of anilines is 1. The van der Waals surface area contributed by atoms with Crippen molar-refractivity contribution in [2.45, 2.75) is 19.8 Å². The number of benzene rings is 1. The van der Waals surface area contributed by atoms with Gasteiger partial charge in [0.05, 0.1) is 16.8 Å². The first-order valence-corrected chi connectivity index (χ1v) is 6.12. The second kappa shape index (κ2) is 4.87. The third kappa shape index (κ3) is 2.14. The number of aryl methyl sites for hydroxylation is 1. The number of hydrogen-bond donors (Lipinski definition) is 1. The smallest absolute Gasteiger partial charge is 0.230 e. The molecular formula is C13H13ClN2O2. The van der Waals surface area contributed by atoms with Crippen LogP contribution >= 0.6 is 11.6 Å². The van der Waals surface area contributed by atoms with Crippen LogP contribution in [0.4, 0.5) is 5.69 Å². The third-order valence-electron chi connectivity index (χ3n) is 3.20. The Balaban J connectivity index is 2.55. The van der Waals surface area contributed by atoms with Gasteiger partial charge in [-0.2, -0.15) is 5.26 Å². The summed E-state index contributed by atoms with van der Waals surface area (Å²) in [6.07, 6.45) is 1.43. The fraction of sp³-hybridized carbons (Fsp3) is 0.385. The van der Waals surface area contributed by atoms with Crippen molar-refractivity contribution >= 4 is 23.2 Å². The molecule has 1 aliphatic heterocycles. The zero-order valence-corrected chi connectivity index (χ0v) is 10.7. The van der Waals surface area contributed by atoms with Crippen molar-refractivity contribution in [2.24, 2.45) is 5.92 Å². The molecule has 0 aromatic heterocycles. The van der Waals surface area contributed by atoms with Gasteiger partial charge in [-0.1, -0.05) is 18.5 Å². The molecule has 0 spiro atoms. The molecule has 1 amide bonds. The number of aromatic hydroxyl groups is 1. The van der Waals surface area contributed by atoms with E-state index in [0.717, 1.165) is 12.0 Å². The number of halogens is 1. The summed E-state index contributed by atoms with van der Waals surface area (Å²) in [6.45, 7) is 1.83. The Kier molecular flexibility index (Phi) is 3.44. The molecule has 1 aromatic rings. The molecule has 18 heavy (non-hydrogen) atoms. The van der Waals surface area contributed by atoms with Crippen LogP contribution in [0.1, 0.15) is 18.9 Å². The normalized spacial score (nSPS) is 19.1. The second-order valence-electron chi connectivity index (χ2n) is 4.45. The van der Waals surface area contributed by atoms with Crippen molar-refractivity contribution in [2.75, 3.05) is 11.4 Å². The summed E-state index contributed by atoms with van der Waals surface area (Å²) < 4.78 is 0. The quantitative estimate of drug-likeness (QED) is 0.793. The summed E-state index contributed by atoms with van der Waals surface area (Å²) in [5.41, 5.74) is 1.48. The molecular weight excluding hydrogens is 252 g/mol. The lowest BCUT2D eigenvalue weighted by Crippen LogP contribution is -2.34. The molecule has 0 saturated carbocycles. The Morgan fingerprint density at radius 1 is 1.61 bits per heavy atom. The number of rotatable bonds is 1. The van der Waals surface area contributed by atoms with Crippen LogP contribution < -0.4 is 4.90 Å². The molecule has 0 bridgehead atoms. The van der Waals surface area contributed by atoms with Crippen molar-refractivity contribution in [3.05, 3.63) is 22.7 Å². The molecule has 0 aliphatic carbocycles. The first-order valence-electron chi connectivity index (χ1n) is 5.74. The van der Waals surface area contributed by atoms with Gasteiger partial charge in [-0.25, -0.2) is 0 Å².